The predicted molar refractivity (Wildman–Crippen MR) is 199 cm³/mol. The average molecular weight is 764 g/mol. The lowest BCUT2D eigenvalue weighted by Gasteiger charge is -2.45. The Morgan fingerprint density at radius 3 is 2.24 bits per heavy atom. The normalized spacial score (nSPS) is 18.2. The number of carbonyl (C=O) groups excluding carboxylic acids is 2. The van der Waals surface area contributed by atoms with Gasteiger partial charge >= 0.3 is 5.97 Å². The summed E-state index contributed by atoms with van der Waals surface area (Å²) in [4.78, 5) is 43.8. The molecule has 2 heterocycles. The van der Waals surface area contributed by atoms with E-state index in [2.05, 4.69) is 5.32 Å². The molecule has 3 aromatic carbocycles. The standard InChI is InChI=1S/C42H48F3N3O7/c1-42(2,41(51)52)16-15-36(49)47-23-28-20-32(27-9-7-25(8-10-27)6-5-17-55-39-34(44)14-13-33(43)38(39)45)37(35(24-47)46-28)40(50)48(29-11-12-29)22-26-18-30(53-3)21-31(19-26)54-4/h7-10,13-14,18-19,21,28-29,35,46H,5-6,11-12,15-17,20,22-24H2,1-4H3,(H,51,52). The lowest BCUT2D eigenvalue weighted by molar-refractivity contribution is -0.148. The van der Waals surface area contributed by atoms with Crippen molar-refractivity contribution in [3.8, 4) is 17.2 Å². The molecular weight excluding hydrogens is 715 g/mol. The molecule has 1 saturated heterocycles. The number of hydrogen-bond acceptors (Lipinski definition) is 7. The van der Waals surface area contributed by atoms with E-state index in [0.717, 1.165) is 41.2 Å². The Bertz CT molecular complexity index is 1920. The number of aliphatic carboxylic acids is 1. The fourth-order valence-electron chi connectivity index (χ4n) is 7.28. The zero-order valence-electron chi connectivity index (χ0n) is 31.6. The van der Waals surface area contributed by atoms with Crippen LogP contribution in [0.5, 0.6) is 17.2 Å². The monoisotopic (exact) mass is 763 g/mol. The maximum absolute atomic E-state index is 14.9. The van der Waals surface area contributed by atoms with Crippen molar-refractivity contribution in [1.29, 1.82) is 0 Å². The molecule has 0 spiro atoms. The molecule has 2 fully saturated rings. The number of amides is 2. The van der Waals surface area contributed by atoms with E-state index in [9.17, 15) is 32.7 Å². The molecule has 2 N–H and O–H groups in total. The average Bonchev–Trinajstić information content (AvgIpc) is 4.02. The zero-order chi connectivity index (χ0) is 39.4. The zero-order valence-corrected chi connectivity index (χ0v) is 31.6. The van der Waals surface area contributed by atoms with Gasteiger partial charge in [-0.2, -0.15) is 4.39 Å². The second kappa shape index (κ2) is 16.8. The van der Waals surface area contributed by atoms with Crippen LogP contribution in [0.2, 0.25) is 0 Å². The van der Waals surface area contributed by atoms with Crippen molar-refractivity contribution in [2.45, 2.75) is 83.5 Å². The fraction of sp³-hybridized carbons (Fsp3) is 0.452. The maximum Gasteiger partial charge on any atom is 0.309 e. The Kier molecular flexibility index (Phi) is 12.1. The van der Waals surface area contributed by atoms with Gasteiger partial charge < -0.3 is 34.4 Å². The van der Waals surface area contributed by atoms with Gasteiger partial charge in [-0.05, 0) is 98.9 Å². The van der Waals surface area contributed by atoms with Gasteiger partial charge in [-0.1, -0.05) is 24.3 Å². The van der Waals surface area contributed by atoms with E-state index in [-0.39, 0.29) is 49.9 Å². The minimum atomic E-state index is -1.35. The number of benzene rings is 3. The van der Waals surface area contributed by atoms with E-state index >= 15 is 0 Å². The number of ether oxygens (including phenoxy) is 3. The number of carboxylic acids is 1. The molecule has 3 aromatic rings. The van der Waals surface area contributed by atoms with Crippen molar-refractivity contribution in [2.24, 2.45) is 5.41 Å². The first-order valence-electron chi connectivity index (χ1n) is 18.7. The highest BCUT2D eigenvalue weighted by Crippen LogP contribution is 2.38. The van der Waals surface area contributed by atoms with Crippen LogP contribution in [0.25, 0.3) is 5.57 Å². The van der Waals surface area contributed by atoms with Crippen molar-refractivity contribution in [1.82, 2.24) is 15.1 Å². The summed E-state index contributed by atoms with van der Waals surface area (Å²) in [6, 6.07) is 14.4. The number of carbonyl (C=O) groups is 3. The Balaban J connectivity index is 1.25. The van der Waals surface area contributed by atoms with Gasteiger partial charge in [0.05, 0.1) is 32.3 Å². The molecule has 2 aliphatic heterocycles. The SMILES string of the molecule is COc1cc(CN(C(=O)C2=C(c3ccc(CCCOc4c(F)ccc(F)c4F)cc3)CC3CN(C(=O)CCC(C)(C)C(=O)O)CC2N3)C2CC2)cc(OC)c1. The topological polar surface area (TPSA) is 118 Å². The van der Waals surface area contributed by atoms with Crippen LogP contribution in [0.3, 0.4) is 0 Å². The van der Waals surface area contributed by atoms with Gasteiger partial charge in [-0.3, -0.25) is 14.4 Å². The molecule has 6 rings (SSSR count). The quantitative estimate of drug-likeness (QED) is 0.125. The summed E-state index contributed by atoms with van der Waals surface area (Å²) < 4.78 is 57.8. The second-order valence-corrected chi connectivity index (χ2v) is 15.2. The summed E-state index contributed by atoms with van der Waals surface area (Å²) in [7, 11) is 3.16. The van der Waals surface area contributed by atoms with Gasteiger partial charge in [0, 0.05) is 49.8 Å². The Hall–Kier alpha value is -5.04. The van der Waals surface area contributed by atoms with Crippen LogP contribution in [0.4, 0.5) is 13.2 Å². The van der Waals surface area contributed by atoms with Gasteiger partial charge in [-0.15, -0.1) is 0 Å². The van der Waals surface area contributed by atoms with Gasteiger partial charge in [0.1, 0.15) is 11.5 Å². The molecule has 294 valence electrons. The number of rotatable bonds is 16. The number of methoxy groups -OCH3 is 2. The van der Waals surface area contributed by atoms with Crippen LogP contribution >= 0.6 is 0 Å². The molecule has 0 radical (unpaired) electrons. The highest BCUT2D eigenvalue weighted by molar-refractivity contribution is 6.03. The maximum atomic E-state index is 14.9. The number of nitrogens with one attached hydrogen (secondary N) is 1. The van der Waals surface area contributed by atoms with E-state index in [1.165, 1.54) is 0 Å². The molecule has 3 aliphatic rings. The molecular formula is C42H48F3N3O7. The highest BCUT2D eigenvalue weighted by Gasteiger charge is 2.43. The van der Waals surface area contributed by atoms with Crippen LogP contribution in [0.15, 0.2) is 60.2 Å². The minimum Gasteiger partial charge on any atom is -0.497 e. The van der Waals surface area contributed by atoms with Gasteiger partial charge in [0.2, 0.25) is 11.7 Å². The molecule has 2 unspecified atom stereocenters. The van der Waals surface area contributed by atoms with Crippen molar-refractivity contribution in [3.63, 3.8) is 0 Å². The van der Waals surface area contributed by atoms with Gasteiger partial charge in [0.15, 0.2) is 17.4 Å². The molecule has 2 bridgehead atoms. The minimum absolute atomic E-state index is 0.0168. The summed E-state index contributed by atoms with van der Waals surface area (Å²) >= 11 is 0. The summed E-state index contributed by atoms with van der Waals surface area (Å²) in [5.74, 6) is -4.21. The second-order valence-electron chi connectivity index (χ2n) is 15.2. The Morgan fingerprint density at radius 2 is 1.60 bits per heavy atom. The molecule has 1 saturated carbocycles. The predicted octanol–water partition coefficient (Wildman–Crippen LogP) is 6.54. The van der Waals surface area contributed by atoms with Crippen LogP contribution in [0, 0.1) is 22.9 Å². The van der Waals surface area contributed by atoms with Gasteiger partial charge in [-0.25, -0.2) is 8.78 Å². The van der Waals surface area contributed by atoms with E-state index in [1.807, 2.05) is 41.3 Å². The van der Waals surface area contributed by atoms with E-state index in [0.29, 0.717) is 55.5 Å². The van der Waals surface area contributed by atoms with Crippen molar-refractivity contribution in [2.75, 3.05) is 33.9 Å². The van der Waals surface area contributed by atoms with Crippen molar-refractivity contribution < 1.29 is 46.9 Å². The number of carboxylic acid groups (broad SMARTS) is 1. The molecule has 2 atom stereocenters. The summed E-state index contributed by atoms with van der Waals surface area (Å²) in [5, 5.41) is 13.2. The molecule has 0 aromatic heterocycles. The lowest BCUT2D eigenvalue weighted by atomic mass is 9.82. The fourth-order valence-corrected chi connectivity index (χ4v) is 7.28. The third-order valence-corrected chi connectivity index (χ3v) is 10.7. The smallest absolute Gasteiger partial charge is 0.309 e. The van der Waals surface area contributed by atoms with E-state index in [1.54, 1.807) is 39.0 Å². The summed E-state index contributed by atoms with van der Waals surface area (Å²) in [5.41, 5.74) is 3.14. The summed E-state index contributed by atoms with van der Waals surface area (Å²) in [6.07, 6.45) is 3.48. The molecule has 13 heteroatoms. The first-order valence-corrected chi connectivity index (χ1v) is 18.7. The largest absolute Gasteiger partial charge is 0.497 e. The molecule has 10 nitrogen and oxygen atoms in total. The van der Waals surface area contributed by atoms with Crippen LogP contribution in [0.1, 0.15) is 69.1 Å². The Morgan fingerprint density at radius 1 is 0.927 bits per heavy atom. The molecule has 55 heavy (non-hydrogen) atoms. The van der Waals surface area contributed by atoms with Crippen LogP contribution < -0.4 is 19.5 Å². The first kappa shape index (κ1) is 39.6. The first-order chi connectivity index (χ1) is 26.3. The third-order valence-electron chi connectivity index (χ3n) is 10.7. The highest BCUT2D eigenvalue weighted by atomic mass is 19.2. The van der Waals surface area contributed by atoms with E-state index < -0.39 is 40.6 Å². The molecule has 1 aliphatic carbocycles. The van der Waals surface area contributed by atoms with Crippen LogP contribution in [-0.2, 0) is 27.3 Å². The van der Waals surface area contributed by atoms with E-state index in [4.69, 9.17) is 14.2 Å². The number of fused-ring (bicyclic) bond motifs is 2. The summed E-state index contributed by atoms with van der Waals surface area (Å²) in [6.45, 7) is 4.23. The number of halogens is 3. The lowest BCUT2D eigenvalue weighted by Crippen LogP contribution is -2.62. The number of piperazine rings is 1. The third kappa shape index (κ3) is 9.26. The number of aryl methyl sites for hydroxylation is 1. The van der Waals surface area contributed by atoms with Crippen molar-refractivity contribution in [3.05, 3.63) is 94.3 Å². The van der Waals surface area contributed by atoms with Crippen LogP contribution in [-0.4, -0.2) is 84.7 Å². The molecule has 2 amide bonds. The van der Waals surface area contributed by atoms with Gasteiger partial charge in [0.25, 0.3) is 5.91 Å². The number of nitrogens with zero attached hydrogens (tertiary/aromatic N) is 2. The van der Waals surface area contributed by atoms with Crippen molar-refractivity contribution >= 4 is 23.4 Å². The Labute approximate surface area is 319 Å². The number of hydrogen-bond donors (Lipinski definition) is 2.